The lowest BCUT2D eigenvalue weighted by molar-refractivity contribution is -0.140. The van der Waals surface area contributed by atoms with Gasteiger partial charge in [-0.3, -0.25) is 9.36 Å². The fraction of sp³-hybridized carbons (Fsp3) is 0.250. The maximum atomic E-state index is 11.6. The zero-order valence-electron chi connectivity index (χ0n) is 8.05. The van der Waals surface area contributed by atoms with Gasteiger partial charge in [-0.2, -0.15) is 4.98 Å². The Morgan fingerprint density at radius 3 is 3.00 bits per heavy atom. The van der Waals surface area contributed by atoms with Gasteiger partial charge < -0.3 is 5.11 Å². The molecular formula is C8H6ClN3O3S. The average Bonchev–Trinajstić information content (AvgIpc) is 2.52. The van der Waals surface area contributed by atoms with E-state index in [1.54, 1.807) is 0 Å². The van der Waals surface area contributed by atoms with E-state index in [4.69, 9.17) is 16.7 Å². The lowest BCUT2D eigenvalue weighted by Crippen LogP contribution is -2.24. The van der Waals surface area contributed by atoms with Crippen LogP contribution in [-0.2, 0) is 4.79 Å². The second-order valence-corrected chi connectivity index (χ2v) is 4.41. The summed E-state index contributed by atoms with van der Waals surface area (Å²) in [7, 11) is 0. The Bertz CT molecular complexity index is 621. The SMILES string of the molecule is CC(C(=O)O)n1c(=O)sc2cnc(Cl)nc21. The van der Waals surface area contributed by atoms with Gasteiger partial charge in [0, 0.05) is 0 Å². The van der Waals surface area contributed by atoms with Gasteiger partial charge in [-0.25, -0.2) is 9.78 Å². The van der Waals surface area contributed by atoms with Gasteiger partial charge in [0.15, 0.2) is 5.65 Å². The number of aliphatic carboxylic acids is 1. The number of nitrogens with zero attached hydrogens (tertiary/aromatic N) is 3. The molecule has 0 aliphatic heterocycles. The molecule has 0 aliphatic rings. The second-order valence-electron chi connectivity index (χ2n) is 3.08. The Morgan fingerprint density at radius 2 is 2.38 bits per heavy atom. The van der Waals surface area contributed by atoms with E-state index < -0.39 is 12.0 Å². The first kappa shape index (κ1) is 11.0. The van der Waals surface area contributed by atoms with E-state index in [1.807, 2.05) is 0 Å². The van der Waals surface area contributed by atoms with Crippen LogP contribution < -0.4 is 4.87 Å². The lowest BCUT2D eigenvalue weighted by atomic mass is 10.3. The van der Waals surface area contributed by atoms with Crippen LogP contribution in [0.25, 0.3) is 10.3 Å². The minimum Gasteiger partial charge on any atom is -0.480 e. The second kappa shape index (κ2) is 3.84. The Balaban J connectivity index is 2.77. The monoisotopic (exact) mass is 259 g/mol. The number of carboxylic acid groups (broad SMARTS) is 1. The van der Waals surface area contributed by atoms with Crippen molar-refractivity contribution in [3.05, 3.63) is 21.1 Å². The number of aromatic nitrogens is 3. The molecule has 2 aromatic heterocycles. The van der Waals surface area contributed by atoms with Crippen LogP contribution in [0.4, 0.5) is 0 Å². The van der Waals surface area contributed by atoms with Crippen molar-refractivity contribution in [3.63, 3.8) is 0 Å². The molecule has 8 heteroatoms. The van der Waals surface area contributed by atoms with Crippen molar-refractivity contribution in [2.24, 2.45) is 0 Å². The van der Waals surface area contributed by atoms with Crippen molar-refractivity contribution in [1.82, 2.24) is 14.5 Å². The number of hydrogen-bond donors (Lipinski definition) is 1. The first-order valence-electron chi connectivity index (χ1n) is 4.27. The molecule has 0 bridgehead atoms. The smallest absolute Gasteiger partial charge is 0.326 e. The fourth-order valence-electron chi connectivity index (χ4n) is 1.27. The van der Waals surface area contributed by atoms with Crippen LogP contribution in [0.15, 0.2) is 11.0 Å². The van der Waals surface area contributed by atoms with Gasteiger partial charge in [-0.05, 0) is 18.5 Å². The van der Waals surface area contributed by atoms with Crippen LogP contribution in [0.5, 0.6) is 0 Å². The molecule has 0 saturated heterocycles. The van der Waals surface area contributed by atoms with E-state index >= 15 is 0 Å². The van der Waals surface area contributed by atoms with Gasteiger partial charge in [0.1, 0.15) is 6.04 Å². The highest BCUT2D eigenvalue weighted by molar-refractivity contribution is 7.16. The Kier molecular flexibility index (Phi) is 2.64. The van der Waals surface area contributed by atoms with E-state index in [1.165, 1.54) is 13.1 Å². The van der Waals surface area contributed by atoms with E-state index in [0.29, 0.717) is 4.70 Å². The molecule has 1 N–H and O–H groups in total. The first-order chi connectivity index (χ1) is 7.50. The topological polar surface area (TPSA) is 85.1 Å². The molecule has 0 spiro atoms. The summed E-state index contributed by atoms with van der Waals surface area (Å²) in [6, 6.07) is -0.979. The molecule has 0 amide bonds. The van der Waals surface area contributed by atoms with Crippen LogP contribution in [0.2, 0.25) is 5.28 Å². The van der Waals surface area contributed by atoms with E-state index in [0.717, 1.165) is 15.9 Å². The largest absolute Gasteiger partial charge is 0.480 e. The quantitative estimate of drug-likeness (QED) is 0.818. The highest BCUT2D eigenvalue weighted by Gasteiger charge is 2.20. The van der Waals surface area contributed by atoms with Crippen molar-refractivity contribution in [2.45, 2.75) is 13.0 Å². The highest BCUT2D eigenvalue weighted by atomic mass is 35.5. The maximum Gasteiger partial charge on any atom is 0.326 e. The summed E-state index contributed by atoms with van der Waals surface area (Å²) in [6.45, 7) is 1.41. The van der Waals surface area contributed by atoms with Gasteiger partial charge in [-0.1, -0.05) is 11.3 Å². The lowest BCUT2D eigenvalue weighted by Gasteiger charge is -2.07. The zero-order valence-corrected chi connectivity index (χ0v) is 9.62. The molecule has 1 unspecified atom stereocenters. The molecule has 0 fully saturated rings. The van der Waals surface area contributed by atoms with Crippen LogP contribution >= 0.6 is 22.9 Å². The molecule has 0 saturated carbocycles. The minimum absolute atomic E-state index is 0.0170. The van der Waals surface area contributed by atoms with Crippen LogP contribution in [0.1, 0.15) is 13.0 Å². The summed E-state index contributed by atoms with van der Waals surface area (Å²) in [5.74, 6) is -1.10. The Labute approximate surface area is 98.1 Å². The van der Waals surface area contributed by atoms with Crippen LogP contribution in [0, 0.1) is 0 Å². The molecule has 0 radical (unpaired) electrons. The summed E-state index contributed by atoms with van der Waals surface area (Å²) in [6.07, 6.45) is 1.40. The number of thiazole rings is 1. The van der Waals surface area contributed by atoms with Gasteiger partial charge in [0.05, 0.1) is 10.9 Å². The van der Waals surface area contributed by atoms with Crippen molar-refractivity contribution in [3.8, 4) is 0 Å². The molecule has 2 rings (SSSR count). The third kappa shape index (κ3) is 1.68. The fourth-order valence-corrected chi connectivity index (χ4v) is 2.27. The zero-order chi connectivity index (χ0) is 11.9. The number of halogens is 1. The molecule has 1 atom stereocenters. The summed E-state index contributed by atoms with van der Waals surface area (Å²) in [5, 5.41) is 8.86. The molecular weight excluding hydrogens is 254 g/mol. The van der Waals surface area contributed by atoms with Gasteiger partial charge in [0.2, 0.25) is 5.28 Å². The molecule has 2 aromatic rings. The van der Waals surface area contributed by atoms with E-state index in [-0.39, 0.29) is 15.8 Å². The summed E-state index contributed by atoms with van der Waals surface area (Å²) in [4.78, 5) is 29.7. The molecule has 6 nitrogen and oxygen atoms in total. The Hall–Kier alpha value is -1.47. The van der Waals surface area contributed by atoms with Crippen molar-refractivity contribution >= 4 is 39.3 Å². The van der Waals surface area contributed by atoms with Crippen molar-refractivity contribution in [2.75, 3.05) is 0 Å². The molecule has 0 aromatic carbocycles. The van der Waals surface area contributed by atoms with Crippen LogP contribution in [-0.4, -0.2) is 25.6 Å². The number of hydrogen-bond acceptors (Lipinski definition) is 5. The van der Waals surface area contributed by atoms with E-state index in [9.17, 15) is 9.59 Å². The predicted molar refractivity (Wildman–Crippen MR) is 59.0 cm³/mol. The minimum atomic E-state index is -1.10. The van der Waals surface area contributed by atoms with Gasteiger partial charge in [-0.15, -0.1) is 0 Å². The average molecular weight is 260 g/mol. The highest BCUT2D eigenvalue weighted by Crippen LogP contribution is 2.19. The molecule has 16 heavy (non-hydrogen) atoms. The number of carboxylic acids is 1. The van der Waals surface area contributed by atoms with Gasteiger partial charge in [0.25, 0.3) is 0 Å². The number of rotatable bonds is 2. The van der Waals surface area contributed by atoms with Gasteiger partial charge >= 0.3 is 10.8 Å². The third-order valence-electron chi connectivity index (χ3n) is 2.07. The van der Waals surface area contributed by atoms with Crippen molar-refractivity contribution < 1.29 is 9.90 Å². The number of carbonyl (C=O) groups is 1. The molecule has 2 heterocycles. The summed E-state index contributed by atoms with van der Waals surface area (Å²) < 4.78 is 1.61. The third-order valence-corrected chi connectivity index (χ3v) is 3.14. The maximum absolute atomic E-state index is 11.6. The summed E-state index contributed by atoms with van der Waals surface area (Å²) >= 11 is 6.50. The standard InChI is InChI=1S/C8H6ClN3O3S/c1-3(6(13)14)12-5-4(16-8(12)15)2-10-7(9)11-5/h2-3H,1H3,(H,13,14). The first-order valence-corrected chi connectivity index (χ1v) is 5.46. The normalized spacial score (nSPS) is 12.9. The van der Waals surface area contributed by atoms with Crippen molar-refractivity contribution in [1.29, 1.82) is 0 Å². The predicted octanol–water partition coefficient (Wildman–Crippen LogP) is 1.15. The summed E-state index contributed by atoms with van der Waals surface area (Å²) in [5.41, 5.74) is 0.255. The Morgan fingerprint density at radius 1 is 1.69 bits per heavy atom. The van der Waals surface area contributed by atoms with Crippen LogP contribution in [0.3, 0.4) is 0 Å². The van der Waals surface area contributed by atoms with E-state index in [2.05, 4.69) is 9.97 Å². The molecule has 84 valence electrons. The molecule has 0 aliphatic carbocycles. The number of fused-ring (bicyclic) bond motifs is 1.